The van der Waals surface area contributed by atoms with Crippen LogP contribution >= 0.6 is 0 Å². The molecule has 0 bridgehead atoms. The Bertz CT molecular complexity index is 316. The quantitative estimate of drug-likeness (QED) is 0.758. The third-order valence-electron chi connectivity index (χ3n) is 4.31. The van der Waals surface area contributed by atoms with Crippen molar-refractivity contribution < 1.29 is 14.6 Å². The molecule has 0 aromatic rings. The average molecular weight is 270 g/mol. The SMILES string of the molecule is CCNC1COCC1C(=O)N(C)CC1(O)CCCC1. The summed E-state index contributed by atoms with van der Waals surface area (Å²) in [6.45, 7) is 4.40. The van der Waals surface area contributed by atoms with Crippen molar-refractivity contribution in [3.05, 3.63) is 0 Å². The molecule has 19 heavy (non-hydrogen) atoms. The van der Waals surface area contributed by atoms with Crippen LogP contribution in [0.3, 0.4) is 0 Å². The number of likely N-dealkylation sites (N-methyl/N-ethyl adjacent to an activating group) is 2. The second kappa shape index (κ2) is 6.20. The molecule has 0 aromatic heterocycles. The molecule has 2 N–H and O–H groups in total. The maximum atomic E-state index is 12.5. The average Bonchev–Trinajstić information content (AvgIpc) is 2.98. The Kier molecular flexibility index (Phi) is 4.81. The summed E-state index contributed by atoms with van der Waals surface area (Å²) in [5.74, 6) is -0.0290. The molecule has 110 valence electrons. The van der Waals surface area contributed by atoms with Gasteiger partial charge in [0.05, 0.1) is 24.7 Å². The minimum Gasteiger partial charge on any atom is -0.388 e. The Morgan fingerprint density at radius 1 is 1.42 bits per heavy atom. The largest absolute Gasteiger partial charge is 0.388 e. The van der Waals surface area contributed by atoms with Gasteiger partial charge in [-0.1, -0.05) is 19.8 Å². The molecule has 2 fully saturated rings. The van der Waals surface area contributed by atoms with E-state index < -0.39 is 5.60 Å². The first-order valence-electron chi connectivity index (χ1n) is 7.34. The molecule has 2 rings (SSSR count). The number of carbonyl (C=O) groups is 1. The van der Waals surface area contributed by atoms with Crippen LogP contribution in [0.25, 0.3) is 0 Å². The number of hydrogen-bond donors (Lipinski definition) is 2. The minimum atomic E-state index is -0.669. The Morgan fingerprint density at radius 2 is 2.11 bits per heavy atom. The lowest BCUT2D eigenvalue weighted by Gasteiger charge is -2.31. The summed E-state index contributed by atoms with van der Waals surface area (Å²) in [6, 6.07) is 0.109. The van der Waals surface area contributed by atoms with Gasteiger partial charge in [-0.25, -0.2) is 0 Å². The summed E-state index contributed by atoms with van der Waals surface area (Å²) in [7, 11) is 1.79. The number of nitrogens with one attached hydrogen (secondary N) is 1. The topological polar surface area (TPSA) is 61.8 Å². The molecule has 1 aliphatic heterocycles. The second-order valence-electron chi connectivity index (χ2n) is 5.93. The van der Waals surface area contributed by atoms with Crippen LogP contribution in [0.4, 0.5) is 0 Å². The number of carbonyl (C=O) groups excluding carboxylic acids is 1. The van der Waals surface area contributed by atoms with Crippen LogP contribution in [0.15, 0.2) is 0 Å². The summed E-state index contributed by atoms with van der Waals surface area (Å²) in [5, 5.41) is 13.7. The van der Waals surface area contributed by atoms with E-state index in [1.807, 2.05) is 6.92 Å². The number of rotatable bonds is 5. The van der Waals surface area contributed by atoms with E-state index in [2.05, 4.69) is 5.32 Å². The molecule has 0 radical (unpaired) electrons. The fourth-order valence-corrected chi connectivity index (χ4v) is 3.25. The Balaban J connectivity index is 1.91. The van der Waals surface area contributed by atoms with E-state index in [9.17, 15) is 9.90 Å². The fourth-order valence-electron chi connectivity index (χ4n) is 3.25. The zero-order valence-electron chi connectivity index (χ0n) is 12.0. The summed E-state index contributed by atoms with van der Waals surface area (Å²) in [5.41, 5.74) is -0.669. The van der Waals surface area contributed by atoms with Crippen molar-refractivity contribution in [1.82, 2.24) is 10.2 Å². The van der Waals surface area contributed by atoms with Gasteiger partial charge in [0.15, 0.2) is 0 Å². The van der Waals surface area contributed by atoms with E-state index in [0.717, 1.165) is 32.2 Å². The van der Waals surface area contributed by atoms with Crippen molar-refractivity contribution in [2.24, 2.45) is 5.92 Å². The molecule has 5 nitrogen and oxygen atoms in total. The third kappa shape index (κ3) is 3.46. The minimum absolute atomic E-state index is 0.0868. The van der Waals surface area contributed by atoms with Gasteiger partial charge in [-0.15, -0.1) is 0 Å². The smallest absolute Gasteiger partial charge is 0.229 e. The van der Waals surface area contributed by atoms with Crippen molar-refractivity contribution >= 4 is 5.91 Å². The Labute approximate surface area is 115 Å². The van der Waals surface area contributed by atoms with Crippen LogP contribution in [-0.4, -0.2) is 60.9 Å². The van der Waals surface area contributed by atoms with Crippen LogP contribution in [0.2, 0.25) is 0 Å². The van der Waals surface area contributed by atoms with E-state index in [4.69, 9.17) is 4.74 Å². The van der Waals surface area contributed by atoms with E-state index in [-0.39, 0.29) is 17.9 Å². The first kappa shape index (κ1) is 14.8. The van der Waals surface area contributed by atoms with Crippen molar-refractivity contribution in [3.63, 3.8) is 0 Å². The van der Waals surface area contributed by atoms with Crippen molar-refractivity contribution in [2.45, 2.75) is 44.2 Å². The third-order valence-corrected chi connectivity index (χ3v) is 4.31. The molecule has 1 aliphatic carbocycles. The van der Waals surface area contributed by atoms with Gasteiger partial charge in [-0.05, 0) is 19.4 Å². The predicted octanol–water partition coefficient (Wildman–Crippen LogP) is 0.374. The van der Waals surface area contributed by atoms with E-state index >= 15 is 0 Å². The summed E-state index contributed by atoms with van der Waals surface area (Å²) >= 11 is 0. The van der Waals surface area contributed by atoms with Gasteiger partial charge in [0, 0.05) is 19.6 Å². The maximum Gasteiger partial charge on any atom is 0.229 e. The van der Waals surface area contributed by atoms with Gasteiger partial charge in [0.25, 0.3) is 0 Å². The van der Waals surface area contributed by atoms with Gasteiger partial charge in [-0.3, -0.25) is 4.79 Å². The number of nitrogens with zero attached hydrogens (tertiary/aromatic N) is 1. The van der Waals surface area contributed by atoms with Gasteiger partial charge in [-0.2, -0.15) is 0 Å². The first-order chi connectivity index (χ1) is 9.06. The van der Waals surface area contributed by atoms with Crippen molar-refractivity contribution in [2.75, 3.05) is 33.4 Å². The number of aliphatic hydroxyl groups is 1. The zero-order chi connectivity index (χ0) is 13.9. The highest BCUT2D eigenvalue weighted by Crippen LogP contribution is 2.30. The normalized spacial score (nSPS) is 29.6. The van der Waals surface area contributed by atoms with E-state index in [1.54, 1.807) is 11.9 Å². The summed E-state index contributed by atoms with van der Waals surface area (Å²) in [6.07, 6.45) is 3.74. The lowest BCUT2D eigenvalue weighted by molar-refractivity contribution is -0.137. The molecule has 5 heteroatoms. The summed E-state index contributed by atoms with van der Waals surface area (Å²) < 4.78 is 5.42. The highest BCUT2D eigenvalue weighted by atomic mass is 16.5. The van der Waals surface area contributed by atoms with Crippen molar-refractivity contribution in [1.29, 1.82) is 0 Å². The van der Waals surface area contributed by atoms with Crippen molar-refractivity contribution in [3.8, 4) is 0 Å². The van der Waals surface area contributed by atoms with Crippen LogP contribution in [0, 0.1) is 5.92 Å². The van der Waals surface area contributed by atoms with Gasteiger partial charge in [0.2, 0.25) is 5.91 Å². The van der Waals surface area contributed by atoms with E-state index in [0.29, 0.717) is 19.8 Å². The molecular weight excluding hydrogens is 244 g/mol. The first-order valence-corrected chi connectivity index (χ1v) is 7.34. The highest BCUT2D eigenvalue weighted by Gasteiger charge is 2.38. The molecular formula is C14H26N2O3. The Hall–Kier alpha value is -0.650. The molecule has 0 aromatic carbocycles. The van der Waals surface area contributed by atoms with Crippen LogP contribution in [-0.2, 0) is 9.53 Å². The predicted molar refractivity (Wildman–Crippen MR) is 72.8 cm³/mol. The molecule has 0 spiro atoms. The molecule has 1 saturated heterocycles. The fraction of sp³-hybridized carbons (Fsp3) is 0.929. The van der Waals surface area contributed by atoms with E-state index in [1.165, 1.54) is 0 Å². The number of ether oxygens (including phenoxy) is 1. The zero-order valence-corrected chi connectivity index (χ0v) is 12.0. The molecule has 2 aliphatic rings. The molecule has 2 unspecified atom stereocenters. The lowest BCUT2D eigenvalue weighted by atomic mass is 9.98. The second-order valence-corrected chi connectivity index (χ2v) is 5.93. The molecule has 2 atom stereocenters. The number of hydrogen-bond acceptors (Lipinski definition) is 4. The molecule has 1 amide bonds. The van der Waals surface area contributed by atoms with Gasteiger partial charge < -0.3 is 20.1 Å². The monoisotopic (exact) mass is 270 g/mol. The maximum absolute atomic E-state index is 12.5. The Morgan fingerprint density at radius 3 is 2.74 bits per heavy atom. The molecule has 1 heterocycles. The molecule has 1 saturated carbocycles. The summed E-state index contributed by atoms with van der Waals surface area (Å²) in [4.78, 5) is 14.1. The van der Waals surface area contributed by atoms with Crippen LogP contribution < -0.4 is 5.32 Å². The van der Waals surface area contributed by atoms with Crippen LogP contribution in [0.5, 0.6) is 0 Å². The van der Waals surface area contributed by atoms with Gasteiger partial charge >= 0.3 is 0 Å². The standard InChI is InChI=1S/C14H26N2O3/c1-3-15-12-9-19-8-11(12)13(17)16(2)10-14(18)6-4-5-7-14/h11-12,15,18H,3-10H2,1-2H3. The highest BCUT2D eigenvalue weighted by molar-refractivity contribution is 5.80. The van der Waals surface area contributed by atoms with Crippen LogP contribution in [0.1, 0.15) is 32.6 Å². The number of amides is 1. The lowest BCUT2D eigenvalue weighted by Crippen LogP contribution is -2.48. The van der Waals surface area contributed by atoms with Gasteiger partial charge in [0.1, 0.15) is 0 Å².